The third kappa shape index (κ3) is 3.61. The van der Waals surface area contributed by atoms with Gasteiger partial charge in [0.05, 0.1) is 6.61 Å². The van der Waals surface area contributed by atoms with Gasteiger partial charge in [-0.15, -0.1) is 0 Å². The lowest BCUT2D eigenvalue weighted by atomic mass is 10.2. The number of hydrogen-bond acceptors (Lipinski definition) is 3. The summed E-state index contributed by atoms with van der Waals surface area (Å²) in [5.41, 5.74) is 0.972. The predicted octanol–water partition coefficient (Wildman–Crippen LogP) is 1.86. The first-order valence-electron chi connectivity index (χ1n) is 6.27. The standard InChI is InChI=1S/C15H15FN2O2/c16-14-8-4-7-13(17-14)15(20)18(9-10-19)11-12-5-2-1-3-6-12/h1-8,19H,9-11H2. The van der Waals surface area contributed by atoms with Crippen LogP contribution in [0, 0.1) is 5.95 Å². The number of aliphatic hydroxyl groups is 1. The second-order valence-corrected chi connectivity index (χ2v) is 4.28. The van der Waals surface area contributed by atoms with Gasteiger partial charge in [0.25, 0.3) is 5.91 Å². The molecule has 0 unspecified atom stereocenters. The molecule has 104 valence electrons. The fourth-order valence-electron chi connectivity index (χ4n) is 1.87. The summed E-state index contributed by atoms with van der Waals surface area (Å²) in [6.07, 6.45) is 0. The average molecular weight is 274 g/mol. The first-order chi connectivity index (χ1) is 9.70. The molecule has 0 saturated heterocycles. The Kier molecular flexibility index (Phi) is 4.79. The predicted molar refractivity (Wildman–Crippen MR) is 72.5 cm³/mol. The van der Waals surface area contributed by atoms with Crippen molar-refractivity contribution in [3.63, 3.8) is 0 Å². The molecule has 20 heavy (non-hydrogen) atoms. The zero-order valence-electron chi connectivity index (χ0n) is 10.9. The van der Waals surface area contributed by atoms with Crippen LogP contribution in [-0.2, 0) is 6.54 Å². The molecule has 2 aromatic rings. The van der Waals surface area contributed by atoms with E-state index in [9.17, 15) is 9.18 Å². The van der Waals surface area contributed by atoms with Crippen LogP contribution in [0.1, 0.15) is 16.1 Å². The molecule has 0 atom stereocenters. The molecule has 0 bridgehead atoms. The van der Waals surface area contributed by atoms with Gasteiger partial charge in [0, 0.05) is 13.1 Å². The number of amides is 1. The van der Waals surface area contributed by atoms with Crippen molar-refractivity contribution < 1.29 is 14.3 Å². The summed E-state index contributed by atoms with van der Waals surface area (Å²) in [5, 5.41) is 9.08. The molecule has 0 aliphatic heterocycles. The Morgan fingerprint density at radius 3 is 2.55 bits per heavy atom. The molecule has 1 amide bonds. The highest BCUT2D eigenvalue weighted by Crippen LogP contribution is 2.09. The average Bonchev–Trinajstić information content (AvgIpc) is 2.47. The highest BCUT2D eigenvalue weighted by molar-refractivity contribution is 5.92. The fourth-order valence-corrected chi connectivity index (χ4v) is 1.87. The van der Waals surface area contributed by atoms with Crippen molar-refractivity contribution in [2.75, 3.05) is 13.2 Å². The monoisotopic (exact) mass is 274 g/mol. The van der Waals surface area contributed by atoms with Gasteiger partial charge < -0.3 is 10.0 Å². The molecule has 4 nitrogen and oxygen atoms in total. The Hall–Kier alpha value is -2.27. The molecule has 1 aromatic heterocycles. The Morgan fingerprint density at radius 1 is 1.15 bits per heavy atom. The number of carbonyl (C=O) groups excluding carboxylic acids is 1. The van der Waals surface area contributed by atoms with Crippen LogP contribution in [0.3, 0.4) is 0 Å². The van der Waals surface area contributed by atoms with Crippen molar-refractivity contribution in [2.24, 2.45) is 0 Å². The van der Waals surface area contributed by atoms with E-state index in [0.717, 1.165) is 5.56 Å². The molecule has 1 aromatic carbocycles. The van der Waals surface area contributed by atoms with Gasteiger partial charge in [0.15, 0.2) is 0 Å². The van der Waals surface area contributed by atoms with E-state index in [1.165, 1.54) is 23.1 Å². The van der Waals surface area contributed by atoms with Gasteiger partial charge in [-0.25, -0.2) is 4.98 Å². The minimum Gasteiger partial charge on any atom is -0.395 e. The second kappa shape index (κ2) is 6.77. The van der Waals surface area contributed by atoms with Gasteiger partial charge in [-0.2, -0.15) is 4.39 Å². The van der Waals surface area contributed by atoms with Crippen LogP contribution >= 0.6 is 0 Å². The van der Waals surface area contributed by atoms with Gasteiger partial charge in [-0.05, 0) is 17.7 Å². The maximum atomic E-state index is 13.1. The lowest BCUT2D eigenvalue weighted by Crippen LogP contribution is -2.33. The van der Waals surface area contributed by atoms with E-state index < -0.39 is 11.9 Å². The topological polar surface area (TPSA) is 53.4 Å². The van der Waals surface area contributed by atoms with E-state index in [0.29, 0.717) is 6.54 Å². The maximum Gasteiger partial charge on any atom is 0.272 e. The molecular formula is C15H15FN2O2. The van der Waals surface area contributed by atoms with Crippen LogP contribution in [0.5, 0.6) is 0 Å². The van der Waals surface area contributed by atoms with Crippen LogP contribution < -0.4 is 0 Å². The quantitative estimate of drug-likeness (QED) is 0.847. The third-order valence-corrected chi connectivity index (χ3v) is 2.81. The van der Waals surface area contributed by atoms with E-state index in [2.05, 4.69) is 4.98 Å². The minimum atomic E-state index is -0.695. The van der Waals surface area contributed by atoms with Crippen LogP contribution in [-0.4, -0.2) is 34.0 Å². The van der Waals surface area contributed by atoms with Crippen molar-refractivity contribution in [2.45, 2.75) is 6.54 Å². The summed E-state index contributed by atoms with van der Waals surface area (Å²) in [6, 6.07) is 13.5. The van der Waals surface area contributed by atoms with Crippen molar-refractivity contribution in [1.29, 1.82) is 0 Å². The zero-order chi connectivity index (χ0) is 14.4. The maximum absolute atomic E-state index is 13.1. The van der Waals surface area contributed by atoms with Crippen LogP contribution in [0.25, 0.3) is 0 Å². The van der Waals surface area contributed by atoms with Gasteiger partial charge in [0.2, 0.25) is 5.95 Å². The zero-order valence-corrected chi connectivity index (χ0v) is 10.9. The van der Waals surface area contributed by atoms with Crippen molar-refractivity contribution in [1.82, 2.24) is 9.88 Å². The van der Waals surface area contributed by atoms with E-state index in [-0.39, 0.29) is 18.8 Å². The number of benzene rings is 1. The van der Waals surface area contributed by atoms with E-state index in [1.807, 2.05) is 30.3 Å². The Bertz CT molecular complexity index is 575. The van der Waals surface area contributed by atoms with Crippen LogP contribution in [0.4, 0.5) is 4.39 Å². The van der Waals surface area contributed by atoms with Gasteiger partial charge >= 0.3 is 0 Å². The van der Waals surface area contributed by atoms with Gasteiger partial charge in [-0.1, -0.05) is 36.4 Å². The number of pyridine rings is 1. The normalized spacial score (nSPS) is 10.3. The molecule has 1 N–H and O–H groups in total. The van der Waals surface area contributed by atoms with E-state index in [4.69, 9.17) is 5.11 Å². The molecule has 0 radical (unpaired) electrons. The molecule has 0 spiro atoms. The third-order valence-electron chi connectivity index (χ3n) is 2.81. The number of aromatic nitrogens is 1. The summed E-state index contributed by atoms with van der Waals surface area (Å²) in [6.45, 7) is 0.359. The fraction of sp³-hybridized carbons (Fsp3) is 0.200. The van der Waals surface area contributed by atoms with Crippen molar-refractivity contribution in [3.8, 4) is 0 Å². The summed E-state index contributed by atoms with van der Waals surface area (Å²) >= 11 is 0. The molecular weight excluding hydrogens is 259 g/mol. The summed E-state index contributed by atoms with van der Waals surface area (Å²) in [7, 11) is 0. The first-order valence-corrected chi connectivity index (χ1v) is 6.27. The number of nitrogens with zero attached hydrogens (tertiary/aromatic N) is 2. The largest absolute Gasteiger partial charge is 0.395 e. The lowest BCUT2D eigenvalue weighted by molar-refractivity contribution is 0.0700. The summed E-state index contributed by atoms with van der Waals surface area (Å²) in [4.78, 5) is 17.3. The van der Waals surface area contributed by atoms with Crippen molar-refractivity contribution >= 4 is 5.91 Å². The SMILES string of the molecule is O=C(c1cccc(F)n1)N(CCO)Cc1ccccc1. The van der Waals surface area contributed by atoms with E-state index in [1.54, 1.807) is 0 Å². The number of carbonyl (C=O) groups is 1. The molecule has 0 aliphatic rings. The lowest BCUT2D eigenvalue weighted by Gasteiger charge is -2.21. The Morgan fingerprint density at radius 2 is 1.90 bits per heavy atom. The molecule has 0 saturated carbocycles. The minimum absolute atomic E-state index is 0.0365. The molecule has 0 fully saturated rings. The summed E-state index contributed by atoms with van der Waals surface area (Å²) < 4.78 is 13.1. The Labute approximate surface area is 116 Å². The van der Waals surface area contributed by atoms with Crippen molar-refractivity contribution in [3.05, 3.63) is 65.7 Å². The van der Waals surface area contributed by atoms with Gasteiger partial charge in [0.1, 0.15) is 5.69 Å². The number of hydrogen-bond donors (Lipinski definition) is 1. The molecule has 0 aliphatic carbocycles. The second-order valence-electron chi connectivity index (χ2n) is 4.28. The number of halogens is 1. The molecule has 1 heterocycles. The smallest absolute Gasteiger partial charge is 0.272 e. The van der Waals surface area contributed by atoms with Crippen LogP contribution in [0.15, 0.2) is 48.5 Å². The van der Waals surface area contributed by atoms with E-state index >= 15 is 0 Å². The highest BCUT2D eigenvalue weighted by atomic mass is 19.1. The molecule has 2 rings (SSSR count). The number of aliphatic hydroxyl groups excluding tert-OH is 1. The Balaban J connectivity index is 2.18. The number of rotatable bonds is 5. The van der Waals surface area contributed by atoms with Crippen LogP contribution in [0.2, 0.25) is 0 Å². The van der Waals surface area contributed by atoms with Gasteiger partial charge in [-0.3, -0.25) is 4.79 Å². The molecule has 5 heteroatoms. The highest BCUT2D eigenvalue weighted by Gasteiger charge is 2.17. The summed E-state index contributed by atoms with van der Waals surface area (Å²) in [5.74, 6) is -1.10. The first kappa shape index (κ1) is 14.1.